The van der Waals surface area contributed by atoms with Crippen molar-refractivity contribution in [2.24, 2.45) is 11.3 Å². The first-order valence-corrected chi connectivity index (χ1v) is 11.2. The molecule has 5 rings (SSSR count). The van der Waals surface area contributed by atoms with Gasteiger partial charge in [-0.2, -0.15) is 0 Å². The van der Waals surface area contributed by atoms with Gasteiger partial charge in [-0.05, 0) is 74.2 Å². The van der Waals surface area contributed by atoms with Gasteiger partial charge in [-0.3, -0.25) is 0 Å². The van der Waals surface area contributed by atoms with E-state index in [1.54, 1.807) is 7.11 Å². The van der Waals surface area contributed by atoms with Crippen LogP contribution in [0.25, 0.3) is 0 Å². The lowest BCUT2D eigenvalue weighted by Crippen LogP contribution is -2.51. The van der Waals surface area contributed by atoms with Crippen LogP contribution in [0.4, 0.5) is 16.2 Å². The minimum atomic E-state index is -0.00177. The highest BCUT2D eigenvalue weighted by Crippen LogP contribution is 2.56. The Balaban J connectivity index is 1.36. The summed E-state index contributed by atoms with van der Waals surface area (Å²) in [5.41, 5.74) is 2.15. The molecule has 3 fully saturated rings. The van der Waals surface area contributed by atoms with Crippen LogP contribution in [0.15, 0.2) is 48.5 Å². The molecule has 6 heteroatoms. The molecule has 0 radical (unpaired) electrons. The normalized spacial score (nSPS) is 28.5. The number of anilines is 2. The van der Waals surface area contributed by atoms with E-state index in [2.05, 4.69) is 46.3 Å². The van der Waals surface area contributed by atoms with Gasteiger partial charge in [0.15, 0.2) is 0 Å². The Morgan fingerprint density at radius 3 is 2.45 bits per heavy atom. The van der Waals surface area contributed by atoms with Gasteiger partial charge in [0, 0.05) is 35.9 Å². The number of hydrogen-bond donors (Lipinski definition) is 1. The monoisotopic (exact) mass is 421 g/mol. The number of carbonyl (C=O) groups is 1. The van der Waals surface area contributed by atoms with Gasteiger partial charge in [-0.25, -0.2) is 4.79 Å². The van der Waals surface area contributed by atoms with Gasteiger partial charge in [-0.1, -0.05) is 6.92 Å². The summed E-state index contributed by atoms with van der Waals surface area (Å²) in [6.45, 7) is 6.87. The Bertz CT molecular complexity index is 945. The van der Waals surface area contributed by atoms with E-state index in [1.807, 2.05) is 31.2 Å². The van der Waals surface area contributed by atoms with Gasteiger partial charge >= 0.3 is 6.03 Å². The summed E-state index contributed by atoms with van der Waals surface area (Å²) in [6.07, 6.45) is 2.28. The molecule has 3 unspecified atom stereocenters. The maximum Gasteiger partial charge on any atom is 0.322 e. The van der Waals surface area contributed by atoms with Crippen molar-refractivity contribution < 1.29 is 14.3 Å². The number of hydrogen-bond acceptors (Lipinski definition) is 4. The smallest absolute Gasteiger partial charge is 0.322 e. The zero-order valence-corrected chi connectivity index (χ0v) is 18.5. The standard InChI is InChI=1S/C25H31N3O3/c1-4-31-21-11-7-19(8-12-21)27-15-17-13-22-25(2,14-17)23(27)16-28(22)24(29)26-18-5-9-20(30-3)10-6-18/h5-12,17,22-23H,4,13-16H2,1-3H3,(H,26,29)/t17?,22?,23-,25?/m1/s1. The van der Waals surface area contributed by atoms with Crippen LogP contribution >= 0.6 is 0 Å². The van der Waals surface area contributed by atoms with Gasteiger partial charge in [0.2, 0.25) is 0 Å². The Morgan fingerprint density at radius 2 is 1.77 bits per heavy atom. The van der Waals surface area contributed by atoms with Crippen LogP contribution in [0.1, 0.15) is 26.7 Å². The maximum absolute atomic E-state index is 13.2. The highest BCUT2D eigenvalue weighted by Gasteiger charge is 2.62. The van der Waals surface area contributed by atoms with Crippen LogP contribution in [0.2, 0.25) is 0 Å². The van der Waals surface area contributed by atoms with Crippen LogP contribution < -0.4 is 19.7 Å². The first-order chi connectivity index (χ1) is 15.0. The summed E-state index contributed by atoms with van der Waals surface area (Å²) >= 11 is 0. The van der Waals surface area contributed by atoms with Crippen molar-refractivity contribution in [3.8, 4) is 11.5 Å². The fourth-order valence-corrected chi connectivity index (χ4v) is 6.07. The summed E-state index contributed by atoms with van der Waals surface area (Å²) < 4.78 is 10.8. The number of ether oxygens (including phenoxy) is 2. The lowest BCUT2D eigenvalue weighted by Gasteiger charge is -2.44. The minimum absolute atomic E-state index is 0.00177. The van der Waals surface area contributed by atoms with E-state index in [4.69, 9.17) is 9.47 Å². The quantitative estimate of drug-likeness (QED) is 0.766. The Hall–Kier alpha value is -2.89. The highest BCUT2D eigenvalue weighted by atomic mass is 16.5. The molecule has 2 heterocycles. The molecule has 4 atom stereocenters. The Morgan fingerprint density at radius 1 is 1.06 bits per heavy atom. The number of fused-ring (bicyclic) bond motifs is 1. The molecule has 164 valence electrons. The fraction of sp³-hybridized carbons (Fsp3) is 0.480. The topological polar surface area (TPSA) is 54.0 Å². The molecule has 1 N–H and O–H groups in total. The summed E-state index contributed by atoms with van der Waals surface area (Å²) in [5, 5.41) is 3.10. The Kier molecular flexibility index (Phi) is 4.95. The zero-order chi connectivity index (χ0) is 21.6. The molecule has 0 spiro atoms. The van der Waals surface area contributed by atoms with Gasteiger partial charge in [-0.15, -0.1) is 0 Å². The average molecular weight is 422 g/mol. The minimum Gasteiger partial charge on any atom is -0.497 e. The summed E-state index contributed by atoms with van der Waals surface area (Å²) in [5.74, 6) is 2.31. The van der Waals surface area contributed by atoms with E-state index in [0.717, 1.165) is 36.7 Å². The first-order valence-electron chi connectivity index (χ1n) is 11.2. The van der Waals surface area contributed by atoms with Crippen LogP contribution in [-0.4, -0.2) is 49.8 Å². The number of piperidine rings is 1. The molecule has 0 aromatic heterocycles. The predicted octanol–water partition coefficient (Wildman–Crippen LogP) is 4.62. The lowest BCUT2D eigenvalue weighted by atomic mass is 9.77. The number of benzene rings is 2. The van der Waals surface area contributed by atoms with Crippen molar-refractivity contribution in [3.63, 3.8) is 0 Å². The van der Waals surface area contributed by atoms with Crippen molar-refractivity contribution in [1.29, 1.82) is 0 Å². The second-order valence-electron chi connectivity index (χ2n) is 9.23. The molecule has 3 aliphatic rings. The number of nitrogens with zero attached hydrogens (tertiary/aromatic N) is 2. The van der Waals surface area contributed by atoms with Crippen LogP contribution in [0.3, 0.4) is 0 Å². The van der Waals surface area contributed by atoms with Gasteiger partial charge in [0.05, 0.1) is 19.8 Å². The van der Waals surface area contributed by atoms with E-state index < -0.39 is 0 Å². The number of carbonyl (C=O) groups excluding carboxylic acids is 1. The summed E-state index contributed by atoms with van der Waals surface area (Å²) in [4.78, 5) is 17.8. The molecular formula is C25H31N3O3. The third kappa shape index (κ3) is 3.38. The van der Waals surface area contributed by atoms with Crippen molar-refractivity contribution in [3.05, 3.63) is 48.5 Å². The Labute approximate surface area is 184 Å². The molecule has 2 saturated heterocycles. The third-order valence-corrected chi connectivity index (χ3v) is 7.47. The van der Waals surface area contributed by atoms with Gasteiger partial charge in [0.25, 0.3) is 0 Å². The van der Waals surface area contributed by atoms with E-state index in [1.165, 1.54) is 12.1 Å². The molecule has 2 aromatic rings. The highest BCUT2D eigenvalue weighted by molar-refractivity contribution is 5.90. The van der Waals surface area contributed by atoms with Gasteiger partial charge in [0.1, 0.15) is 11.5 Å². The van der Waals surface area contributed by atoms with Gasteiger partial charge < -0.3 is 24.6 Å². The van der Waals surface area contributed by atoms with Crippen molar-refractivity contribution in [2.75, 3.05) is 37.0 Å². The summed E-state index contributed by atoms with van der Waals surface area (Å²) in [7, 11) is 1.64. The SMILES string of the molecule is CCOc1ccc(N2CC3CC4N(C(=O)Nc5ccc(OC)cc5)C[C@@H]2C4(C)C3)cc1. The van der Waals surface area contributed by atoms with Crippen molar-refractivity contribution >= 4 is 17.4 Å². The largest absolute Gasteiger partial charge is 0.497 e. The fourth-order valence-electron chi connectivity index (χ4n) is 6.07. The number of nitrogens with one attached hydrogen (secondary N) is 1. The molecule has 2 amide bonds. The number of rotatable bonds is 5. The summed E-state index contributed by atoms with van der Waals surface area (Å²) in [6, 6.07) is 16.6. The van der Waals surface area contributed by atoms with E-state index in [-0.39, 0.29) is 17.5 Å². The van der Waals surface area contributed by atoms with E-state index >= 15 is 0 Å². The zero-order valence-electron chi connectivity index (χ0n) is 18.5. The number of urea groups is 1. The van der Waals surface area contributed by atoms with E-state index in [0.29, 0.717) is 18.6 Å². The average Bonchev–Trinajstić information content (AvgIpc) is 3.21. The molecule has 1 aliphatic carbocycles. The van der Waals surface area contributed by atoms with Crippen LogP contribution in [-0.2, 0) is 0 Å². The van der Waals surface area contributed by atoms with Crippen molar-refractivity contribution in [1.82, 2.24) is 4.90 Å². The molecule has 6 nitrogen and oxygen atoms in total. The molecule has 2 aromatic carbocycles. The predicted molar refractivity (Wildman–Crippen MR) is 122 cm³/mol. The second-order valence-corrected chi connectivity index (χ2v) is 9.23. The lowest BCUT2D eigenvalue weighted by molar-refractivity contribution is 0.187. The second kappa shape index (κ2) is 7.66. The molecular weight excluding hydrogens is 390 g/mol. The third-order valence-electron chi connectivity index (χ3n) is 7.47. The maximum atomic E-state index is 13.2. The first kappa shape index (κ1) is 20.0. The molecule has 1 saturated carbocycles. The van der Waals surface area contributed by atoms with E-state index in [9.17, 15) is 4.79 Å². The number of methoxy groups -OCH3 is 1. The molecule has 2 aliphatic heterocycles. The molecule has 31 heavy (non-hydrogen) atoms. The number of amides is 2. The number of likely N-dealkylation sites (tertiary alicyclic amines) is 1. The molecule has 2 bridgehead atoms. The van der Waals surface area contributed by atoms with Crippen molar-refractivity contribution in [2.45, 2.75) is 38.8 Å². The van der Waals surface area contributed by atoms with Crippen LogP contribution in [0.5, 0.6) is 11.5 Å². The van der Waals surface area contributed by atoms with Crippen LogP contribution in [0, 0.1) is 11.3 Å².